The maximum atomic E-state index is 12.9. The third kappa shape index (κ3) is 55.8. The summed E-state index contributed by atoms with van der Waals surface area (Å²) >= 11 is 0. The molecular formula is C62H121NO13. The molecule has 0 aliphatic heterocycles. The predicted octanol–water partition coefficient (Wildman–Crippen LogP) is 15.3. The van der Waals surface area contributed by atoms with E-state index in [0.29, 0.717) is 57.5 Å². The molecule has 0 aromatic heterocycles. The summed E-state index contributed by atoms with van der Waals surface area (Å²) in [7, 11) is 5.07. The van der Waals surface area contributed by atoms with Gasteiger partial charge in [-0.3, -0.25) is 29.2 Å². The molecule has 0 fully saturated rings. The number of ketones is 2. The monoisotopic (exact) mass is 1090 g/mol. The molecule has 6 atom stereocenters. The van der Waals surface area contributed by atoms with E-state index in [-0.39, 0.29) is 66.9 Å². The number of nitrogens with zero attached hydrogens (tertiary/aromatic N) is 1. The van der Waals surface area contributed by atoms with E-state index in [4.69, 9.17) is 28.9 Å². The van der Waals surface area contributed by atoms with Crippen LogP contribution in [0.4, 0.5) is 0 Å². The van der Waals surface area contributed by atoms with Crippen LogP contribution in [0.1, 0.15) is 269 Å². The Morgan fingerprint density at radius 2 is 0.868 bits per heavy atom. The minimum Gasteiger partial charge on any atom is -0.462 e. The van der Waals surface area contributed by atoms with Gasteiger partial charge in [0, 0.05) is 31.8 Å². The summed E-state index contributed by atoms with van der Waals surface area (Å²) in [5, 5.41) is 7.07. The first kappa shape index (κ1) is 79.5. The van der Waals surface area contributed by atoms with Crippen molar-refractivity contribution in [1.29, 1.82) is 0 Å². The van der Waals surface area contributed by atoms with E-state index in [1.54, 1.807) is 0 Å². The zero-order valence-electron chi connectivity index (χ0n) is 51.9. The Balaban J connectivity index is -0.000000745. The van der Waals surface area contributed by atoms with Gasteiger partial charge in [0.1, 0.15) is 31.7 Å². The number of hydrogen-bond donors (Lipinski definition) is 1. The number of unbranched alkanes of at least 4 members (excludes halogenated alkanes) is 12. The van der Waals surface area contributed by atoms with Gasteiger partial charge in [0.2, 0.25) is 0 Å². The number of carbonyl (C=O) groups excluding carboxylic acids is 6. The van der Waals surface area contributed by atoms with Crippen molar-refractivity contribution in [2.45, 2.75) is 281 Å². The number of carbonyl (C=O) groups is 6. The second-order valence-corrected chi connectivity index (χ2v) is 21.6. The molecular weight excluding hydrogens is 967 g/mol. The lowest BCUT2D eigenvalue weighted by Crippen LogP contribution is -2.32. The first-order chi connectivity index (χ1) is 36.3. The summed E-state index contributed by atoms with van der Waals surface area (Å²) in [6.07, 6.45) is 26.0. The fourth-order valence-corrected chi connectivity index (χ4v) is 8.42. The number of Topliss-reactive ketones (excluding diaryl/α,β-unsaturated/α-hetero) is 2. The number of esters is 4. The highest BCUT2D eigenvalue weighted by Crippen LogP contribution is 2.21. The zero-order valence-corrected chi connectivity index (χ0v) is 51.9. The van der Waals surface area contributed by atoms with Crippen molar-refractivity contribution in [3.63, 3.8) is 0 Å². The molecule has 452 valence electrons. The van der Waals surface area contributed by atoms with Crippen molar-refractivity contribution in [2.24, 2.45) is 29.6 Å². The van der Waals surface area contributed by atoms with Crippen molar-refractivity contribution in [3.8, 4) is 0 Å². The van der Waals surface area contributed by atoms with Gasteiger partial charge in [-0.15, -0.1) is 0 Å². The van der Waals surface area contributed by atoms with Gasteiger partial charge in [-0.2, -0.15) is 0 Å². The molecule has 0 saturated carbocycles. The summed E-state index contributed by atoms with van der Waals surface area (Å²) in [6.45, 7) is 26.0. The molecule has 0 aromatic carbocycles. The molecule has 0 aromatic rings. The van der Waals surface area contributed by atoms with Crippen molar-refractivity contribution >= 4 is 35.4 Å². The topological polar surface area (TPSA) is 181 Å². The van der Waals surface area contributed by atoms with Gasteiger partial charge in [0.15, 0.2) is 11.9 Å². The molecule has 14 nitrogen and oxygen atoms in total. The largest absolute Gasteiger partial charge is 0.462 e. The van der Waals surface area contributed by atoms with Crippen LogP contribution < -0.4 is 0 Å². The fraction of sp³-hybridized carbons (Fsp3) is 0.903. The van der Waals surface area contributed by atoms with E-state index in [2.05, 4.69) is 53.4 Å². The molecule has 0 spiro atoms. The normalized spacial score (nSPS) is 13.6. The van der Waals surface area contributed by atoms with Gasteiger partial charge >= 0.3 is 23.9 Å². The lowest BCUT2D eigenvalue weighted by Gasteiger charge is -2.21. The van der Waals surface area contributed by atoms with Crippen molar-refractivity contribution in [1.82, 2.24) is 4.90 Å². The Hall–Kier alpha value is -2.94. The Labute approximate surface area is 466 Å². The van der Waals surface area contributed by atoms with Crippen molar-refractivity contribution in [2.75, 3.05) is 54.2 Å². The lowest BCUT2D eigenvalue weighted by molar-refractivity contribution is -0.214. The number of ether oxygens (including phenoxy) is 5. The molecule has 0 aliphatic carbocycles. The van der Waals surface area contributed by atoms with E-state index in [9.17, 15) is 28.8 Å². The van der Waals surface area contributed by atoms with Gasteiger partial charge in [0.25, 0.3) is 0 Å². The summed E-state index contributed by atoms with van der Waals surface area (Å²) in [5.74, 6) is -0.230. The minimum atomic E-state index is -0.920. The summed E-state index contributed by atoms with van der Waals surface area (Å²) in [6, 6.07) is 0. The van der Waals surface area contributed by atoms with E-state index in [1.165, 1.54) is 78.2 Å². The molecule has 0 bridgehead atoms. The van der Waals surface area contributed by atoms with Crippen LogP contribution in [0.25, 0.3) is 0 Å². The smallest absolute Gasteiger partial charge is 0.308 e. The molecule has 0 aliphatic rings. The maximum absolute atomic E-state index is 12.9. The first-order valence-corrected chi connectivity index (χ1v) is 30.5. The van der Waals surface area contributed by atoms with Crippen molar-refractivity contribution < 1.29 is 62.6 Å². The first-order valence-electron chi connectivity index (χ1n) is 30.5. The molecule has 0 rings (SSSR count). The van der Waals surface area contributed by atoms with E-state index in [0.717, 1.165) is 89.7 Å². The highest BCUT2D eigenvalue weighted by atomic mass is 17.1. The molecule has 76 heavy (non-hydrogen) atoms. The fourth-order valence-electron chi connectivity index (χ4n) is 8.42. The van der Waals surface area contributed by atoms with Crippen LogP contribution in [0.15, 0.2) is 0 Å². The van der Waals surface area contributed by atoms with E-state index < -0.39 is 18.2 Å². The van der Waals surface area contributed by atoms with Crippen LogP contribution in [0.2, 0.25) is 0 Å². The van der Waals surface area contributed by atoms with Crippen LogP contribution in [0.3, 0.4) is 0 Å². The van der Waals surface area contributed by atoms with Crippen LogP contribution in [-0.4, -0.2) is 112 Å². The maximum Gasteiger partial charge on any atom is 0.308 e. The molecule has 0 heterocycles. The van der Waals surface area contributed by atoms with Gasteiger partial charge < -0.3 is 33.4 Å². The Morgan fingerprint density at radius 3 is 1.29 bits per heavy atom. The number of rotatable bonds is 47. The second kappa shape index (κ2) is 58.2. The number of hydrogen-bond acceptors (Lipinski definition) is 14. The Morgan fingerprint density at radius 1 is 0.474 bits per heavy atom. The molecule has 0 amide bonds. The molecule has 0 radical (unpaired) electrons. The molecule has 0 saturated heterocycles. The third-order valence-electron chi connectivity index (χ3n) is 13.2. The third-order valence-corrected chi connectivity index (χ3v) is 13.2. The quantitative estimate of drug-likeness (QED) is 0.0200. The van der Waals surface area contributed by atoms with Crippen LogP contribution in [0, 0.1) is 29.6 Å². The van der Waals surface area contributed by atoms with E-state index in [1.807, 2.05) is 46.7 Å². The van der Waals surface area contributed by atoms with Crippen LogP contribution >= 0.6 is 0 Å². The van der Waals surface area contributed by atoms with Gasteiger partial charge in [0.05, 0.1) is 18.9 Å². The zero-order chi connectivity index (χ0) is 58.4. The minimum absolute atomic E-state index is 0.0570. The summed E-state index contributed by atoms with van der Waals surface area (Å²) in [4.78, 5) is 79.3. The second-order valence-electron chi connectivity index (χ2n) is 21.6. The van der Waals surface area contributed by atoms with Gasteiger partial charge in [-0.05, 0) is 97.2 Å². The van der Waals surface area contributed by atoms with E-state index >= 15 is 0 Å². The Bertz CT molecular complexity index is 1330. The molecule has 14 heteroatoms. The van der Waals surface area contributed by atoms with Gasteiger partial charge in [-0.1, -0.05) is 185 Å². The standard InChI is InChI=1S/C37H67NO9.C22H44O2.C2H6.CH4O2/c1-8-10-12-14-19-29(3)36(42)44-27-33(28-45-37(43)30(4)20-15-13-11-9-2)47-34(40)24-17-23-32(22-16-21-31(5)39)46-35(41)25-18-26-38(6)7;1-6-8-10-12-14-19(3)16-20(4)17-24-18-22(23)21(5)15-13-11-9-7-2;1-2;1-3-2/h29-30,32-33H,8-28H2,1-7H3;19-21H,6-18H2,1-5H3;1-2H3;2H,1H3. The average molecular weight is 1090 g/mol. The summed E-state index contributed by atoms with van der Waals surface area (Å²) in [5.41, 5.74) is 0. The predicted molar refractivity (Wildman–Crippen MR) is 310 cm³/mol. The van der Waals surface area contributed by atoms with Crippen LogP contribution in [0.5, 0.6) is 0 Å². The SMILES string of the molecule is CC.CCCCCCC(C)C(=O)OCC(COC(=O)C(C)CCCCCC)OC(=O)CCCC(CCCC(C)=O)OC(=O)CCCN(C)C.CCCCCCC(C)CC(C)COCC(=O)C(C)CCCCCC.COO. The molecule has 1 N–H and O–H groups in total. The highest BCUT2D eigenvalue weighted by molar-refractivity contribution is 5.81. The summed E-state index contributed by atoms with van der Waals surface area (Å²) < 4.78 is 28.1. The van der Waals surface area contributed by atoms with Crippen LogP contribution in [-0.2, 0) is 57.3 Å². The lowest BCUT2D eigenvalue weighted by atomic mass is 9.93. The average Bonchev–Trinajstić information content (AvgIpc) is 3.37. The Kier molecular flexibility index (Phi) is 60.9. The van der Waals surface area contributed by atoms with Crippen molar-refractivity contribution in [3.05, 3.63) is 0 Å². The molecule has 6 unspecified atom stereocenters. The highest BCUT2D eigenvalue weighted by Gasteiger charge is 2.24. The van der Waals surface area contributed by atoms with Gasteiger partial charge in [-0.25, -0.2) is 4.89 Å².